The summed E-state index contributed by atoms with van der Waals surface area (Å²) in [6, 6.07) is 5.58. The second-order valence-electron chi connectivity index (χ2n) is 3.51. The van der Waals surface area contributed by atoms with Crippen LogP contribution in [-0.2, 0) is 10.9 Å². The van der Waals surface area contributed by atoms with Crippen molar-refractivity contribution >= 4 is 18.6 Å². The molecule has 2 N–H and O–H groups in total. The van der Waals surface area contributed by atoms with Crippen molar-refractivity contribution in [1.82, 2.24) is 9.55 Å². The van der Waals surface area contributed by atoms with Crippen LogP contribution in [0.2, 0.25) is 0 Å². The standard InChI is InChI=1S/C9H11N2O3P/c1-7-2-3-9-8(4-7)10-5-11(9)6-15(12,13)14/h2-5H,6H2,1H3,(H2,12,13,14). The quantitative estimate of drug-likeness (QED) is 0.760. The summed E-state index contributed by atoms with van der Waals surface area (Å²) in [6.07, 6.45) is 1.12. The highest BCUT2D eigenvalue weighted by atomic mass is 31.2. The minimum absolute atomic E-state index is 0.327. The van der Waals surface area contributed by atoms with E-state index in [1.807, 2.05) is 25.1 Å². The van der Waals surface area contributed by atoms with Gasteiger partial charge in [-0.15, -0.1) is 0 Å². The van der Waals surface area contributed by atoms with Crippen LogP contribution in [-0.4, -0.2) is 19.3 Å². The molecule has 0 radical (unpaired) electrons. The molecule has 1 heterocycles. The van der Waals surface area contributed by atoms with Crippen molar-refractivity contribution in [2.45, 2.75) is 13.2 Å². The Labute approximate surface area is 86.5 Å². The van der Waals surface area contributed by atoms with Gasteiger partial charge in [0.25, 0.3) is 0 Å². The Morgan fingerprint density at radius 2 is 2.20 bits per heavy atom. The average Bonchev–Trinajstić information content (AvgIpc) is 2.45. The number of rotatable bonds is 2. The number of nitrogens with zero attached hydrogens (tertiary/aromatic N) is 2. The lowest BCUT2D eigenvalue weighted by molar-refractivity contribution is 0.363. The third-order valence-corrected chi connectivity index (χ3v) is 2.79. The van der Waals surface area contributed by atoms with Crippen molar-refractivity contribution in [3.8, 4) is 0 Å². The number of hydrogen-bond donors (Lipinski definition) is 2. The molecule has 1 aromatic heterocycles. The summed E-state index contributed by atoms with van der Waals surface area (Å²) >= 11 is 0. The number of benzene rings is 1. The molecule has 5 nitrogen and oxygen atoms in total. The maximum Gasteiger partial charge on any atom is 0.345 e. The Morgan fingerprint density at radius 3 is 2.87 bits per heavy atom. The van der Waals surface area contributed by atoms with Crippen molar-refractivity contribution in [3.63, 3.8) is 0 Å². The van der Waals surface area contributed by atoms with Gasteiger partial charge in [-0.2, -0.15) is 0 Å². The zero-order valence-electron chi connectivity index (χ0n) is 8.16. The van der Waals surface area contributed by atoms with E-state index in [1.165, 1.54) is 10.9 Å². The molecule has 0 bridgehead atoms. The van der Waals surface area contributed by atoms with Crippen LogP contribution in [0.1, 0.15) is 5.56 Å². The van der Waals surface area contributed by atoms with E-state index in [0.717, 1.165) is 16.6 Å². The van der Waals surface area contributed by atoms with Crippen LogP contribution in [0, 0.1) is 6.92 Å². The first-order chi connectivity index (χ1) is 6.96. The van der Waals surface area contributed by atoms with Gasteiger partial charge in [0.05, 0.1) is 17.4 Å². The predicted octanol–water partition coefficient (Wildman–Crippen LogP) is 1.48. The third kappa shape index (κ3) is 2.26. The molecule has 6 heteroatoms. The maximum absolute atomic E-state index is 10.9. The number of fused-ring (bicyclic) bond motifs is 1. The lowest BCUT2D eigenvalue weighted by Crippen LogP contribution is -1.96. The van der Waals surface area contributed by atoms with Gasteiger partial charge in [-0.25, -0.2) is 4.98 Å². The molecular formula is C9H11N2O3P. The minimum atomic E-state index is -4.05. The smallest absolute Gasteiger partial charge is 0.323 e. The lowest BCUT2D eigenvalue weighted by Gasteiger charge is -2.05. The van der Waals surface area contributed by atoms with E-state index in [1.54, 1.807) is 0 Å². The van der Waals surface area contributed by atoms with Crippen LogP contribution in [0.4, 0.5) is 0 Å². The first kappa shape index (κ1) is 10.4. The number of aryl methyl sites for hydroxylation is 1. The predicted molar refractivity (Wildman–Crippen MR) is 56.5 cm³/mol. The van der Waals surface area contributed by atoms with E-state index >= 15 is 0 Å². The summed E-state index contributed by atoms with van der Waals surface area (Å²) < 4.78 is 12.3. The van der Waals surface area contributed by atoms with Crippen molar-refractivity contribution in [2.75, 3.05) is 0 Å². The molecule has 0 amide bonds. The summed E-state index contributed by atoms with van der Waals surface area (Å²) in [5.74, 6) is 0. The highest BCUT2D eigenvalue weighted by molar-refractivity contribution is 7.50. The van der Waals surface area contributed by atoms with Crippen LogP contribution in [0.25, 0.3) is 11.0 Å². The Kier molecular flexibility index (Phi) is 2.38. The van der Waals surface area contributed by atoms with Crippen LogP contribution in [0.5, 0.6) is 0 Å². The molecule has 0 saturated heterocycles. The van der Waals surface area contributed by atoms with E-state index in [0.29, 0.717) is 0 Å². The number of hydrogen-bond acceptors (Lipinski definition) is 2. The second-order valence-corrected chi connectivity index (χ2v) is 5.12. The molecule has 80 valence electrons. The van der Waals surface area contributed by atoms with Gasteiger partial charge >= 0.3 is 7.60 Å². The van der Waals surface area contributed by atoms with Gasteiger partial charge in [0.1, 0.15) is 6.29 Å². The molecule has 0 aliphatic heterocycles. The molecule has 0 aliphatic rings. The lowest BCUT2D eigenvalue weighted by atomic mass is 10.2. The van der Waals surface area contributed by atoms with Gasteiger partial charge in [0.2, 0.25) is 0 Å². The van der Waals surface area contributed by atoms with Gasteiger partial charge in [0, 0.05) is 0 Å². The average molecular weight is 226 g/mol. The highest BCUT2D eigenvalue weighted by Gasteiger charge is 2.15. The molecule has 15 heavy (non-hydrogen) atoms. The fourth-order valence-corrected chi connectivity index (χ4v) is 2.11. The Hall–Kier alpha value is -1.16. The molecule has 2 aromatic rings. The van der Waals surface area contributed by atoms with Crippen molar-refractivity contribution in [1.29, 1.82) is 0 Å². The molecule has 0 saturated carbocycles. The van der Waals surface area contributed by atoms with Crippen molar-refractivity contribution < 1.29 is 14.4 Å². The van der Waals surface area contributed by atoms with Gasteiger partial charge in [0.15, 0.2) is 0 Å². The molecule has 1 aromatic carbocycles. The summed E-state index contributed by atoms with van der Waals surface area (Å²) in [6.45, 7) is 1.95. The molecule has 2 rings (SSSR count). The Morgan fingerprint density at radius 1 is 1.47 bits per heavy atom. The van der Waals surface area contributed by atoms with Gasteiger partial charge in [-0.1, -0.05) is 6.07 Å². The Balaban J connectivity index is 2.50. The molecule has 0 aliphatic carbocycles. The van der Waals surface area contributed by atoms with Crippen LogP contribution in [0.15, 0.2) is 24.5 Å². The van der Waals surface area contributed by atoms with Crippen molar-refractivity contribution in [2.24, 2.45) is 0 Å². The first-order valence-corrected chi connectivity index (χ1v) is 6.21. The SMILES string of the molecule is Cc1ccc2c(c1)ncn2CP(=O)(O)O. The van der Waals surface area contributed by atoms with Gasteiger partial charge < -0.3 is 14.4 Å². The van der Waals surface area contributed by atoms with Gasteiger partial charge in [-0.3, -0.25) is 4.57 Å². The van der Waals surface area contributed by atoms with E-state index in [2.05, 4.69) is 4.98 Å². The zero-order valence-corrected chi connectivity index (χ0v) is 9.06. The summed E-state index contributed by atoms with van der Waals surface area (Å²) in [5, 5.41) is 0. The summed E-state index contributed by atoms with van der Waals surface area (Å²) in [7, 11) is -4.05. The molecule has 0 atom stereocenters. The second kappa shape index (κ2) is 3.45. The fraction of sp³-hybridized carbons (Fsp3) is 0.222. The summed E-state index contributed by atoms with van der Waals surface area (Å²) in [5.41, 5.74) is 2.57. The molecule has 0 unspecified atom stereocenters. The maximum atomic E-state index is 10.9. The van der Waals surface area contributed by atoms with E-state index in [4.69, 9.17) is 9.79 Å². The third-order valence-electron chi connectivity index (χ3n) is 2.11. The van der Waals surface area contributed by atoms with Crippen LogP contribution < -0.4 is 0 Å². The molecule has 0 spiro atoms. The molecule has 0 fully saturated rings. The van der Waals surface area contributed by atoms with Gasteiger partial charge in [-0.05, 0) is 24.6 Å². The topological polar surface area (TPSA) is 75.4 Å². The first-order valence-electron chi connectivity index (χ1n) is 4.42. The number of imidazole rings is 1. The van der Waals surface area contributed by atoms with E-state index < -0.39 is 7.60 Å². The zero-order chi connectivity index (χ0) is 11.1. The monoisotopic (exact) mass is 226 g/mol. The van der Waals surface area contributed by atoms with E-state index in [9.17, 15) is 4.57 Å². The van der Waals surface area contributed by atoms with Crippen molar-refractivity contribution in [3.05, 3.63) is 30.1 Å². The Bertz CT molecular complexity index is 543. The van der Waals surface area contributed by atoms with Crippen LogP contribution >= 0.6 is 7.60 Å². The largest absolute Gasteiger partial charge is 0.345 e. The normalized spacial score (nSPS) is 12.2. The minimum Gasteiger partial charge on any atom is -0.323 e. The summed E-state index contributed by atoms with van der Waals surface area (Å²) in [4.78, 5) is 21.8. The highest BCUT2D eigenvalue weighted by Crippen LogP contribution is 2.37. The number of aromatic nitrogens is 2. The van der Waals surface area contributed by atoms with Crippen LogP contribution in [0.3, 0.4) is 0 Å². The fourth-order valence-electron chi connectivity index (χ4n) is 1.49. The van der Waals surface area contributed by atoms with E-state index in [-0.39, 0.29) is 6.29 Å². The molecular weight excluding hydrogens is 215 g/mol.